The first-order valence-corrected chi connectivity index (χ1v) is 11.8. The van der Waals surface area contributed by atoms with E-state index < -0.39 is 0 Å². The predicted molar refractivity (Wildman–Crippen MR) is 121 cm³/mol. The number of rotatable bonds is 7. The number of aromatic nitrogens is 2. The Kier molecular flexibility index (Phi) is 7.22. The molecule has 2 amide bonds. The van der Waals surface area contributed by atoms with Gasteiger partial charge in [0.1, 0.15) is 5.65 Å². The second-order valence-corrected chi connectivity index (χ2v) is 9.21. The van der Waals surface area contributed by atoms with Gasteiger partial charge < -0.3 is 19.9 Å². The molecule has 0 spiro atoms. The van der Waals surface area contributed by atoms with Crippen molar-refractivity contribution in [2.24, 2.45) is 11.8 Å². The second-order valence-electron chi connectivity index (χ2n) is 9.21. The number of nitrogens with zero attached hydrogens (tertiary/aromatic N) is 3. The fourth-order valence-electron chi connectivity index (χ4n) is 4.83. The number of carbonyl (C=O) groups excluding carboxylic acids is 2. The summed E-state index contributed by atoms with van der Waals surface area (Å²) < 4.78 is 1.86. The molecule has 0 aliphatic carbocycles. The van der Waals surface area contributed by atoms with E-state index in [2.05, 4.69) is 27.4 Å². The highest BCUT2D eigenvalue weighted by atomic mass is 16.2. The molecule has 0 radical (unpaired) electrons. The Hall–Kier alpha value is -2.41. The smallest absolute Gasteiger partial charge is 0.252 e. The highest BCUT2D eigenvalue weighted by Crippen LogP contribution is 2.25. The lowest BCUT2D eigenvalue weighted by Crippen LogP contribution is -2.47. The summed E-state index contributed by atoms with van der Waals surface area (Å²) >= 11 is 0. The van der Waals surface area contributed by atoms with Gasteiger partial charge in [-0.1, -0.05) is 12.8 Å². The molecule has 0 bridgehead atoms. The zero-order valence-corrected chi connectivity index (χ0v) is 18.6. The molecule has 2 atom stereocenters. The maximum Gasteiger partial charge on any atom is 0.252 e. The lowest BCUT2D eigenvalue weighted by atomic mass is 9.89. The Labute approximate surface area is 184 Å². The largest absolute Gasteiger partial charge is 0.352 e. The number of piperidine rings is 2. The van der Waals surface area contributed by atoms with Crippen molar-refractivity contribution in [3.63, 3.8) is 0 Å². The SMILES string of the molecule is CC1CCC(C(=O)N2CCC(CCCCNC(=O)c3ccc4nccn4c3)CC2)CN1. The normalized spacial score (nSPS) is 22.5. The Morgan fingerprint density at radius 3 is 2.77 bits per heavy atom. The Balaban J connectivity index is 1.10. The van der Waals surface area contributed by atoms with E-state index in [-0.39, 0.29) is 11.8 Å². The molecule has 0 saturated carbocycles. The summed E-state index contributed by atoms with van der Waals surface area (Å²) in [4.78, 5) is 31.4. The van der Waals surface area contributed by atoms with Gasteiger partial charge in [-0.3, -0.25) is 9.59 Å². The Morgan fingerprint density at radius 2 is 2.00 bits per heavy atom. The first-order chi connectivity index (χ1) is 15.1. The van der Waals surface area contributed by atoms with Gasteiger partial charge >= 0.3 is 0 Å². The van der Waals surface area contributed by atoms with Crippen LogP contribution in [0, 0.1) is 11.8 Å². The molecule has 4 heterocycles. The molecule has 31 heavy (non-hydrogen) atoms. The van der Waals surface area contributed by atoms with E-state index in [4.69, 9.17) is 0 Å². The van der Waals surface area contributed by atoms with Gasteiger partial charge in [0.15, 0.2) is 0 Å². The molecule has 7 nitrogen and oxygen atoms in total. The summed E-state index contributed by atoms with van der Waals surface area (Å²) in [7, 11) is 0. The number of hydrogen-bond acceptors (Lipinski definition) is 4. The van der Waals surface area contributed by atoms with Gasteiger partial charge in [0.2, 0.25) is 5.91 Å². The van der Waals surface area contributed by atoms with E-state index in [0.29, 0.717) is 30.0 Å². The van der Waals surface area contributed by atoms with Crippen molar-refractivity contribution in [1.29, 1.82) is 0 Å². The van der Waals surface area contributed by atoms with Crippen molar-refractivity contribution in [2.45, 2.75) is 57.9 Å². The third kappa shape index (κ3) is 5.64. The summed E-state index contributed by atoms with van der Waals surface area (Å²) in [5, 5.41) is 6.47. The molecule has 2 aromatic heterocycles. The number of unbranched alkanes of at least 4 members (excludes halogenated alkanes) is 1. The summed E-state index contributed by atoms with van der Waals surface area (Å²) in [5.41, 5.74) is 1.50. The number of likely N-dealkylation sites (tertiary alicyclic amines) is 1. The van der Waals surface area contributed by atoms with Crippen LogP contribution in [0.5, 0.6) is 0 Å². The van der Waals surface area contributed by atoms with E-state index in [1.807, 2.05) is 28.9 Å². The molecule has 2 aromatic rings. The van der Waals surface area contributed by atoms with Crippen LogP contribution >= 0.6 is 0 Å². The van der Waals surface area contributed by atoms with Crippen molar-refractivity contribution >= 4 is 17.5 Å². The number of nitrogens with one attached hydrogen (secondary N) is 2. The van der Waals surface area contributed by atoms with Crippen molar-refractivity contribution in [2.75, 3.05) is 26.2 Å². The van der Waals surface area contributed by atoms with E-state index in [9.17, 15) is 9.59 Å². The predicted octanol–water partition coefficient (Wildman–Crippen LogP) is 2.86. The van der Waals surface area contributed by atoms with Crippen LogP contribution in [0.15, 0.2) is 30.7 Å². The molecule has 2 fully saturated rings. The van der Waals surface area contributed by atoms with Crippen molar-refractivity contribution in [3.8, 4) is 0 Å². The third-order valence-electron chi connectivity index (χ3n) is 6.91. The molecule has 2 unspecified atom stereocenters. The number of pyridine rings is 1. The van der Waals surface area contributed by atoms with Gasteiger partial charge in [-0.15, -0.1) is 0 Å². The highest BCUT2D eigenvalue weighted by molar-refractivity contribution is 5.94. The summed E-state index contributed by atoms with van der Waals surface area (Å²) in [6.07, 6.45) is 13.0. The number of amides is 2. The van der Waals surface area contributed by atoms with E-state index in [1.54, 1.807) is 6.20 Å². The van der Waals surface area contributed by atoms with Gasteiger partial charge in [0.05, 0.1) is 11.5 Å². The van der Waals surface area contributed by atoms with Gasteiger partial charge in [-0.2, -0.15) is 0 Å². The van der Waals surface area contributed by atoms with E-state index in [1.165, 1.54) is 6.42 Å². The minimum Gasteiger partial charge on any atom is -0.352 e. The van der Waals surface area contributed by atoms with Crippen LogP contribution in [0.2, 0.25) is 0 Å². The average Bonchev–Trinajstić information content (AvgIpc) is 3.27. The molecule has 2 aliphatic heterocycles. The molecule has 7 heteroatoms. The highest BCUT2D eigenvalue weighted by Gasteiger charge is 2.30. The zero-order chi connectivity index (χ0) is 21.6. The van der Waals surface area contributed by atoms with Crippen molar-refractivity contribution in [3.05, 3.63) is 36.3 Å². The van der Waals surface area contributed by atoms with Crippen LogP contribution in [0.25, 0.3) is 5.65 Å². The van der Waals surface area contributed by atoms with Crippen LogP contribution in [0.4, 0.5) is 0 Å². The molecule has 2 N–H and O–H groups in total. The van der Waals surface area contributed by atoms with Crippen LogP contribution in [-0.2, 0) is 4.79 Å². The molecular formula is C24H35N5O2. The Morgan fingerprint density at radius 1 is 1.16 bits per heavy atom. The van der Waals surface area contributed by atoms with Crippen LogP contribution < -0.4 is 10.6 Å². The van der Waals surface area contributed by atoms with Crippen LogP contribution in [0.1, 0.15) is 62.2 Å². The first-order valence-electron chi connectivity index (χ1n) is 11.8. The molecule has 2 saturated heterocycles. The topological polar surface area (TPSA) is 78.7 Å². The summed E-state index contributed by atoms with van der Waals surface area (Å²) in [6, 6.07) is 4.22. The summed E-state index contributed by atoms with van der Waals surface area (Å²) in [5.74, 6) is 1.20. The van der Waals surface area contributed by atoms with Crippen molar-refractivity contribution in [1.82, 2.24) is 24.9 Å². The maximum atomic E-state index is 12.7. The Bertz CT molecular complexity index is 879. The maximum absolute atomic E-state index is 12.7. The van der Waals surface area contributed by atoms with Gasteiger partial charge in [-0.05, 0) is 57.1 Å². The molecule has 4 rings (SSSR count). The fraction of sp³-hybridized carbons (Fsp3) is 0.625. The zero-order valence-electron chi connectivity index (χ0n) is 18.6. The van der Waals surface area contributed by atoms with E-state index >= 15 is 0 Å². The molecule has 168 valence electrons. The standard InChI is InChI=1S/C24H35N5O2/c1-18-5-6-20(16-27-18)24(31)28-13-9-19(10-14-28)4-2-3-11-26-23(30)21-7-8-22-25-12-15-29(22)17-21/h7-8,12,15,17-20,27H,2-6,9-11,13-14,16H2,1H3,(H,26,30). The monoisotopic (exact) mass is 425 g/mol. The minimum atomic E-state index is -0.0333. The number of carbonyl (C=O) groups is 2. The number of hydrogen-bond donors (Lipinski definition) is 2. The molecule has 2 aliphatic rings. The van der Waals surface area contributed by atoms with Crippen LogP contribution in [-0.4, -0.2) is 58.3 Å². The second kappa shape index (κ2) is 10.3. The lowest BCUT2D eigenvalue weighted by Gasteiger charge is -2.36. The van der Waals surface area contributed by atoms with Crippen molar-refractivity contribution < 1.29 is 9.59 Å². The van der Waals surface area contributed by atoms with Gasteiger partial charge in [0, 0.05) is 50.8 Å². The lowest BCUT2D eigenvalue weighted by molar-refractivity contribution is -0.137. The molecular weight excluding hydrogens is 390 g/mol. The fourth-order valence-corrected chi connectivity index (χ4v) is 4.83. The van der Waals surface area contributed by atoms with Gasteiger partial charge in [0.25, 0.3) is 5.91 Å². The average molecular weight is 426 g/mol. The number of fused-ring (bicyclic) bond motifs is 1. The summed E-state index contributed by atoms with van der Waals surface area (Å²) in [6.45, 7) is 5.54. The number of imidazole rings is 1. The van der Waals surface area contributed by atoms with E-state index in [0.717, 1.165) is 63.8 Å². The quantitative estimate of drug-likeness (QED) is 0.669. The first kappa shape index (κ1) is 21.8. The van der Waals surface area contributed by atoms with Crippen LogP contribution in [0.3, 0.4) is 0 Å². The molecule has 0 aromatic carbocycles. The third-order valence-corrected chi connectivity index (χ3v) is 6.91. The van der Waals surface area contributed by atoms with Gasteiger partial charge in [-0.25, -0.2) is 4.98 Å². The minimum absolute atomic E-state index is 0.0333.